The molecule has 122 valence electrons. The highest BCUT2D eigenvalue weighted by Crippen LogP contribution is 2.39. The predicted molar refractivity (Wildman–Crippen MR) is 97.6 cm³/mol. The van der Waals surface area contributed by atoms with E-state index in [-0.39, 0.29) is 0 Å². The van der Waals surface area contributed by atoms with Crippen molar-refractivity contribution in [3.8, 4) is 10.4 Å². The Bertz CT molecular complexity index is 863. The number of nitrogens with zero attached hydrogens (tertiary/aromatic N) is 3. The fourth-order valence-corrected chi connectivity index (χ4v) is 5.00. The largest absolute Gasteiger partial charge is 0.374 e. The second-order valence-corrected chi connectivity index (χ2v) is 7.52. The maximum absolute atomic E-state index is 5.96. The number of thiophene rings is 1. The first kappa shape index (κ1) is 14.4. The van der Waals surface area contributed by atoms with Crippen LogP contribution in [-0.2, 0) is 4.74 Å². The monoisotopic (exact) mass is 337 g/mol. The van der Waals surface area contributed by atoms with Gasteiger partial charge in [-0.15, -0.1) is 11.3 Å². The van der Waals surface area contributed by atoms with Gasteiger partial charge in [0.1, 0.15) is 17.0 Å². The highest BCUT2D eigenvalue weighted by molar-refractivity contribution is 7.21. The van der Waals surface area contributed by atoms with Crippen LogP contribution in [0.5, 0.6) is 0 Å². The number of hydrogen-bond acceptors (Lipinski definition) is 5. The third-order valence-electron chi connectivity index (χ3n) is 5.12. The molecular weight excluding hydrogens is 318 g/mol. The molecule has 3 heterocycles. The summed E-state index contributed by atoms with van der Waals surface area (Å²) in [5, 5.41) is 1.17. The van der Waals surface area contributed by atoms with Crippen molar-refractivity contribution in [2.75, 3.05) is 18.1 Å². The van der Waals surface area contributed by atoms with E-state index < -0.39 is 0 Å². The number of hydrogen-bond donors (Lipinski definition) is 0. The molecule has 0 amide bonds. The lowest BCUT2D eigenvalue weighted by Crippen LogP contribution is -2.49. The van der Waals surface area contributed by atoms with Crippen molar-refractivity contribution in [2.24, 2.45) is 0 Å². The van der Waals surface area contributed by atoms with Crippen LogP contribution in [0, 0.1) is 0 Å². The van der Waals surface area contributed by atoms with Crippen molar-refractivity contribution < 1.29 is 4.74 Å². The smallest absolute Gasteiger partial charge is 0.141 e. The van der Waals surface area contributed by atoms with Gasteiger partial charge in [0.25, 0.3) is 0 Å². The average molecular weight is 337 g/mol. The normalized spacial score (nSPS) is 23.6. The second kappa shape index (κ2) is 5.83. The quantitative estimate of drug-likeness (QED) is 0.705. The molecule has 1 saturated heterocycles. The Hall–Kier alpha value is -1.98. The zero-order valence-electron chi connectivity index (χ0n) is 13.4. The molecule has 24 heavy (non-hydrogen) atoms. The molecule has 1 aliphatic carbocycles. The van der Waals surface area contributed by atoms with E-state index in [0.29, 0.717) is 12.1 Å². The highest BCUT2D eigenvalue weighted by atomic mass is 32.1. The Morgan fingerprint density at radius 3 is 2.96 bits per heavy atom. The molecule has 5 rings (SSSR count). The van der Waals surface area contributed by atoms with Crippen molar-refractivity contribution >= 4 is 27.4 Å². The maximum atomic E-state index is 5.96. The van der Waals surface area contributed by atoms with Crippen molar-refractivity contribution in [2.45, 2.75) is 31.4 Å². The highest BCUT2D eigenvalue weighted by Gasteiger charge is 2.37. The predicted octanol–water partition coefficient (Wildman–Crippen LogP) is 4.12. The van der Waals surface area contributed by atoms with Crippen LogP contribution in [0.1, 0.15) is 19.3 Å². The summed E-state index contributed by atoms with van der Waals surface area (Å²) >= 11 is 1.74. The molecular formula is C19H19N3OS. The van der Waals surface area contributed by atoms with Gasteiger partial charge in [-0.2, -0.15) is 0 Å². The Morgan fingerprint density at radius 2 is 2.04 bits per heavy atom. The molecule has 1 aromatic carbocycles. The number of rotatable bonds is 2. The van der Waals surface area contributed by atoms with Crippen LogP contribution >= 0.6 is 11.3 Å². The van der Waals surface area contributed by atoms with Crippen LogP contribution in [0.4, 0.5) is 5.82 Å². The average Bonchev–Trinajstić information content (AvgIpc) is 3.28. The summed E-state index contributed by atoms with van der Waals surface area (Å²) in [6.07, 6.45) is 5.71. The summed E-state index contributed by atoms with van der Waals surface area (Å²) in [6, 6.07) is 13.2. The van der Waals surface area contributed by atoms with Crippen LogP contribution < -0.4 is 4.90 Å². The van der Waals surface area contributed by atoms with Gasteiger partial charge in [-0.3, -0.25) is 0 Å². The van der Waals surface area contributed by atoms with E-state index in [2.05, 4.69) is 51.3 Å². The second-order valence-electron chi connectivity index (χ2n) is 6.49. The molecule has 1 aliphatic heterocycles. The number of morpholine rings is 1. The summed E-state index contributed by atoms with van der Waals surface area (Å²) in [5.74, 6) is 1.08. The van der Waals surface area contributed by atoms with Gasteiger partial charge in [0, 0.05) is 11.4 Å². The lowest BCUT2D eigenvalue weighted by molar-refractivity contribution is 0.0254. The summed E-state index contributed by atoms with van der Waals surface area (Å²) in [6.45, 7) is 1.71. The molecule has 2 fully saturated rings. The molecule has 2 aliphatic rings. The first-order chi connectivity index (χ1) is 11.9. The van der Waals surface area contributed by atoms with Crippen LogP contribution in [0.3, 0.4) is 0 Å². The molecule has 2 atom stereocenters. The van der Waals surface area contributed by atoms with E-state index in [0.717, 1.165) is 23.8 Å². The topological polar surface area (TPSA) is 38.2 Å². The third-order valence-corrected chi connectivity index (χ3v) is 6.21. The van der Waals surface area contributed by atoms with Crippen molar-refractivity contribution in [1.82, 2.24) is 9.97 Å². The van der Waals surface area contributed by atoms with Crippen LogP contribution in [-0.4, -0.2) is 35.3 Å². The van der Waals surface area contributed by atoms with Crippen molar-refractivity contribution in [3.63, 3.8) is 0 Å². The molecule has 0 N–H and O–H groups in total. The molecule has 0 bridgehead atoms. The first-order valence-corrected chi connectivity index (χ1v) is 9.40. The van der Waals surface area contributed by atoms with Gasteiger partial charge in [-0.05, 0) is 30.9 Å². The van der Waals surface area contributed by atoms with Gasteiger partial charge in [0.2, 0.25) is 0 Å². The van der Waals surface area contributed by atoms with Gasteiger partial charge >= 0.3 is 0 Å². The Kier molecular flexibility index (Phi) is 3.49. The first-order valence-electron chi connectivity index (χ1n) is 8.58. The Labute approximate surface area is 145 Å². The van der Waals surface area contributed by atoms with Crippen molar-refractivity contribution in [1.29, 1.82) is 0 Å². The molecule has 0 unspecified atom stereocenters. The zero-order chi connectivity index (χ0) is 15.9. The molecule has 0 spiro atoms. The fraction of sp³-hybridized carbons (Fsp3) is 0.368. The molecule has 4 nitrogen and oxygen atoms in total. The van der Waals surface area contributed by atoms with Crippen LogP contribution in [0.2, 0.25) is 0 Å². The number of ether oxygens (including phenoxy) is 1. The number of fused-ring (bicyclic) bond motifs is 2. The number of benzene rings is 1. The van der Waals surface area contributed by atoms with E-state index in [1.54, 1.807) is 17.7 Å². The maximum Gasteiger partial charge on any atom is 0.141 e. The summed E-state index contributed by atoms with van der Waals surface area (Å²) in [5.41, 5.74) is 1.24. The Morgan fingerprint density at radius 1 is 1.12 bits per heavy atom. The van der Waals surface area contributed by atoms with E-state index in [1.165, 1.54) is 35.1 Å². The lowest BCUT2D eigenvalue weighted by atomic mass is 10.1. The third kappa shape index (κ3) is 2.31. The summed E-state index contributed by atoms with van der Waals surface area (Å²) in [7, 11) is 0. The van der Waals surface area contributed by atoms with E-state index in [9.17, 15) is 0 Å². The van der Waals surface area contributed by atoms with Gasteiger partial charge in [-0.1, -0.05) is 30.3 Å². The van der Waals surface area contributed by atoms with Crippen LogP contribution in [0.25, 0.3) is 20.7 Å². The Balaban J connectivity index is 1.60. The fourth-order valence-electron chi connectivity index (χ4n) is 4.01. The van der Waals surface area contributed by atoms with Gasteiger partial charge in [0.05, 0.1) is 24.1 Å². The molecule has 1 saturated carbocycles. The SMILES string of the molecule is c1ccc(-c2cc3c(N4CCO[C@H]5CCC[C@@H]54)ncnc3s2)cc1. The lowest BCUT2D eigenvalue weighted by Gasteiger charge is -2.38. The summed E-state index contributed by atoms with van der Waals surface area (Å²) < 4.78 is 5.96. The molecule has 5 heteroatoms. The van der Waals surface area contributed by atoms with E-state index in [1.807, 2.05) is 0 Å². The van der Waals surface area contributed by atoms with Crippen LogP contribution in [0.15, 0.2) is 42.7 Å². The minimum absolute atomic E-state index is 0.371. The van der Waals surface area contributed by atoms with Gasteiger partial charge in [0.15, 0.2) is 0 Å². The number of aromatic nitrogens is 2. The zero-order valence-corrected chi connectivity index (χ0v) is 14.2. The van der Waals surface area contributed by atoms with Gasteiger partial charge < -0.3 is 9.64 Å². The summed E-state index contributed by atoms with van der Waals surface area (Å²) in [4.78, 5) is 14.0. The standard InChI is InChI=1S/C19H19N3OS/c1-2-5-13(6-3-1)17-11-14-18(20-12-21-19(14)24-17)22-9-10-23-16-8-4-7-15(16)22/h1-3,5-6,11-12,15-16H,4,7-10H2/t15-,16-/m0/s1. The number of anilines is 1. The van der Waals surface area contributed by atoms with E-state index in [4.69, 9.17) is 4.74 Å². The minimum atomic E-state index is 0.371. The molecule has 2 aromatic heterocycles. The van der Waals surface area contributed by atoms with Gasteiger partial charge in [-0.25, -0.2) is 9.97 Å². The van der Waals surface area contributed by atoms with E-state index >= 15 is 0 Å². The minimum Gasteiger partial charge on any atom is -0.374 e. The molecule has 0 radical (unpaired) electrons. The van der Waals surface area contributed by atoms with Crippen molar-refractivity contribution in [3.05, 3.63) is 42.7 Å². The molecule has 3 aromatic rings.